The van der Waals surface area contributed by atoms with Gasteiger partial charge < -0.3 is 4.74 Å². The van der Waals surface area contributed by atoms with Gasteiger partial charge in [0.05, 0.1) is 11.5 Å². The maximum atomic E-state index is 14.3. The van der Waals surface area contributed by atoms with Gasteiger partial charge in [0, 0.05) is 10.6 Å². The van der Waals surface area contributed by atoms with E-state index in [4.69, 9.17) is 11.6 Å². The topological polar surface area (TPSA) is 43.4 Å². The molecule has 0 amide bonds. The summed E-state index contributed by atoms with van der Waals surface area (Å²) in [5, 5.41) is -0.0692. The molecule has 1 aliphatic rings. The molecule has 0 bridgehead atoms. The molecule has 0 aromatic heterocycles. The van der Waals surface area contributed by atoms with E-state index in [0.717, 1.165) is 36.4 Å². The lowest BCUT2D eigenvalue weighted by Crippen LogP contribution is -2.55. The lowest BCUT2D eigenvalue weighted by Gasteiger charge is -2.38. The summed E-state index contributed by atoms with van der Waals surface area (Å²) in [5.41, 5.74) is -6.01. The highest BCUT2D eigenvalue weighted by molar-refractivity contribution is 7.92. The fourth-order valence-corrected chi connectivity index (χ4v) is 7.45. The van der Waals surface area contributed by atoms with E-state index in [1.165, 1.54) is 24.3 Å². The maximum Gasteiger partial charge on any atom is 0.430 e. The molecule has 3 nitrogen and oxygen atoms in total. The number of rotatable bonds is 7. The van der Waals surface area contributed by atoms with E-state index in [1.807, 2.05) is 0 Å². The molecule has 1 fully saturated rings. The highest BCUT2D eigenvalue weighted by Crippen LogP contribution is 2.54. The molecular weight excluding hydrogens is 573 g/mol. The number of sulfone groups is 1. The molecule has 12 heteroatoms. The van der Waals surface area contributed by atoms with Crippen LogP contribution in [-0.2, 0) is 31.5 Å². The number of benzene rings is 3. The zero-order chi connectivity index (χ0) is 28.7. The van der Waals surface area contributed by atoms with Crippen LogP contribution in [0.3, 0.4) is 0 Å². The van der Waals surface area contributed by atoms with Crippen LogP contribution in [0.1, 0.15) is 42.4 Å². The third-order valence-corrected chi connectivity index (χ3v) is 10.0. The quantitative estimate of drug-likeness (QED) is 0.204. The summed E-state index contributed by atoms with van der Waals surface area (Å²) >= 11 is 5.92. The molecule has 0 atom stereocenters. The minimum atomic E-state index is -5.93. The summed E-state index contributed by atoms with van der Waals surface area (Å²) < 4.78 is 129. The first kappa shape index (κ1) is 29.4. The molecule has 0 saturated heterocycles. The molecule has 0 N–H and O–H groups in total. The first-order chi connectivity index (χ1) is 18.2. The SMILES string of the molecule is O=S(=O)(c1ccc(F)cc1)C1(c2ccc(C(OCc3ccccc3Cl)(C(F)(F)F)C(F)(F)F)cc2)CCCC1. The van der Waals surface area contributed by atoms with Crippen LogP contribution in [-0.4, -0.2) is 20.8 Å². The third kappa shape index (κ3) is 5.04. The lowest BCUT2D eigenvalue weighted by molar-refractivity contribution is -0.392. The Bertz CT molecular complexity index is 1400. The number of hydrogen-bond donors (Lipinski definition) is 0. The highest BCUT2D eigenvalue weighted by Gasteiger charge is 2.73. The van der Waals surface area contributed by atoms with Gasteiger partial charge in [-0.25, -0.2) is 12.8 Å². The lowest BCUT2D eigenvalue weighted by atomic mass is 9.88. The van der Waals surface area contributed by atoms with E-state index in [1.54, 1.807) is 0 Å². The normalized spacial score (nSPS) is 16.4. The van der Waals surface area contributed by atoms with Crippen molar-refractivity contribution in [1.29, 1.82) is 0 Å². The summed E-state index contributed by atoms with van der Waals surface area (Å²) in [6, 6.07) is 12.6. The number of hydrogen-bond acceptors (Lipinski definition) is 3. The average molecular weight is 595 g/mol. The monoisotopic (exact) mass is 594 g/mol. The first-order valence-corrected chi connectivity index (χ1v) is 13.6. The van der Waals surface area contributed by atoms with Gasteiger partial charge in [-0.2, -0.15) is 26.3 Å². The van der Waals surface area contributed by atoms with E-state index in [-0.39, 0.29) is 33.9 Å². The van der Waals surface area contributed by atoms with Crippen molar-refractivity contribution < 1.29 is 43.9 Å². The van der Waals surface area contributed by atoms with Crippen LogP contribution >= 0.6 is 11.6 Å². The smallest absolute Gasteiger partial charge is 0.349 e. The summed E-state index contributed by atoms with van der Waals surface area (Å²) in [6.45, 7) is -1.09. The largest absolute Gasteiger partial charge is 0.430 e. The summed E-state index contributed by atoms with van der Waals surface area (Å²) in [7, 11) is -4.18. The van der Waals surface area contributed by atoms with E-state index in [0.29, 0.717) is 25.0 Å². The fourth-order valence-electron chi connectivity index (χ4n) is 5.04. The molecule has 3 aromatic rings. The van der Waals surface area contributed by atoms with Crippen LogP contribution in [0.5, 0.6) is 0 Å². The van der Waals surface area contributed by atoms with E-state index in [9.17, 15) is 39.2 Å². The molecule has 4 rings (SSSR count). The Morgan fingerprint density at radius 3 is 1.85 bits per heavy atom. The van der Waals surface area contributed by atoms with Crippen molar-refractivity contribution in [3.8, 4) is 0 Å². The van der Waals surface area contributed by atoms with Gasteiger partial charge in [0.25, 0.3) is 5.60 Å². The van der Waals surface area contributed by atoms with Crippen molar-refractivity contribution in [2.75, 3.05) is 0 Å². The van der Waals surface area contributed by atoms with E-state index < -0.39 is 50.5 Å². The standard InChI is InChI=1S/C27H22ClF7O3S/c28-23-6-2-1-5-18(23)17-38-25(26(30,31)32,27(33,34)35)20-9-7-19(8-10-20)24(15-3-4-16-24)39(36,37)22-13-11-21(29)12-14-22/h1-2,5-14H,3-4,15-17H2. The number of ether oxygens (including phenoxy) is 1. The van der Waals surface area contributed by atoms with Gasteiger partial charge in [0.1, 0.15) is 10.6 Å². The van der Waals surface area contributed by atoms with Crippen molar-refractivity contribution in [2.45, 2.75) is 59.9 Å². The Kier molecular flexibility index (Phi) is 7.83. The number of halogens is 8. The Hall–Kier alpha value is -2.63. The maximum absolute atomic E-state index is 14.3. The second-order valence-corrected chi connectivity index (χ2v) is 12.0. The van der Waals surface area contributed by atoms with Gasteiger partial charge in [0.15, 0.2) is 9.84 Å². The zero-order valence-corrected chi connectivity index (χ0v) is 21.7. The molecule has 0 radical (unpaired) electrons. The minimum Gasteiger partial charge on any atom is -0.349 e. The van der Waals surface area contributed by atoms with E-state index in [2.05, 4.69) is 4.74 Å². The first-order valence-electron chi connectivity index (χ1n) is 11.8. The number of alkyl halides is 6. The summed E-state index contributed by atoms with van der Waals surface area (Å²) in [5.74, 6) is -0.661. The van der Waals surface area contributed by atoms with Gasteiger partial charge in [-0.1, -0.05) is 66.9 Å². The Morgan fingerprint density at radius 1 is 0.795 bits per heavy atom. The van der Waals surface area contributed by atoms with Gasteiger partial charge in [0.2, 0.25) is 0 Å². The van der Waals surface area contributed by atoms with Gasteiger partial charge in [-0.3, -0.25) is 0 Å². The predicted molar refractivity (Wildman–Crippen MR) is 130 cm³/mol. The molecule has 0 spiro atoms. The van der Waals surface area contributed by atoms with Gasteiger partial charge in [-0.05, 0) is 54.3 Å². The van der Waals surface area contributed by atoms with Crippen LogP contribution in [0.4, 0.5) is 30.7 Å². The molecule has 0 heterocycles. The molecule has 3 aromatic carbocycles. The average Bonchev–Trinajstić information content (AvgIpc) is 3.36. The van der Waals surface area contributed by atoms with Gasteiger partial charge >= 0.3 is 12.4 Å². The van der Waals surface area contributed by atoms with Crippen LogP contribution < -0.4 is 0 Å². The summed E-state index contributed by atoms with van der Waals surface area (Å²) in [6.07, 6.45) is -10.7. The van der Waals surface area contributed by atoms with Crippen molar-refractivity contribution in [2.24, 2.45) is 0 Å². The van der Waals surface area contributed by atoms with Crippen molar-refractivity contribution in [3.63, 3.8) is 0 Å². The van der Waals surface area contributed by atoms with Crippen LogP contribution in [0.25, 0.3) is 0 Å². The van der Waals surface area contributed by atoms with Gasteiger partial charge in [-0.15, -0.1) is 0 Å². The predicted octanol–water partition coefficient (Wildman–Crippen LogP) is 8.26. The Morgan fingerprint density at radius 2 is 1.33 bits per heavy atom. The third-order valence-electron chi connectivity index (χ3n) is 7.07. The Balaban J connectivity index is 1.80. The molecular formula is C27H22ClF7O3S. The molecule has 0 aliphatic heterocycles. The van der Waals surface area contributed by atoms with Crippen LogP contribution in [0.15, 0.2) is 77.7 Å². The van der Waals surface area contributed by atoms with Crippen LogP contribution in [0.2, 0.25) is 5.02 Å². The molecule has 210 valence electrons. The summed E-state index contributed by atoms with van der Waals surface area (Å²) in [4.78, 5) is -0.196. The molecule has 1 aliphatic carbocycles. The van der Waals surface area contributed by atoms with E-state index >= 15 is 0 Å². The highest BCUT2D eigenvalue weighted by atomic mass is 35.5. The van der Waals surface area contributed by atoms with Crippen molar-refractivity contribution >= 4 is 21.4 Å². The molecule has 39 heavy (non-hydrogen) atoms. The fraction of sp³-hybridized carbons (Fsp3) is 0.333. The van der Waals surface area contributed by atoms with Crippen molar-refractivity contribution in [3.05, 3.63) is 100 Å². The second-order valence-electron chi connectivity index (χ2n) is 9.29. The van der Waals surface area contributed by atoms with Crippen molar-refractivity contribution in [1.82, 2.24) is 0 Å². The zero-order valence-electron chi connectivity index (χ0n) is 20.1. The minimum absolute atomic E-state index is 0.0393. The molecule has 0 unspecified atom stereocenters. The Labute approximate surface area is 225 Å². The second kappa shape index (κ2) is 10.4. The van der Waals surface area contributed by atoms with Crippen LogP contribution in [0, 0.1) is 5.82 Å². The molecule has 1 saturated carbocycles.